The zero-order valence-electron chi connectivity index (χ0n) is 12.2. The quantitative estimate of drug-likeness (QED) is 0.811. The Hall–Kier alpha value is -2.49. The molecule has 4 nitrogen and oxygen atoms in total. The number of fused-ring (bicyclic) bond motifs is 1. The van der Waals surface area contributed by atoms with Gasteiger partial charge in [-0.05, 0) is 24.6 Å². The highest BCUT2D eigenvalue weighted by Crippen LogP contribution is 2.41. The first kappa shape index (κ1) is 13.5. The van der Waals surface area contributed by atoms with Gasteiger partial charge in [-0.2, -0.15) is 0 Å². The number of aryl methyl sites for hydroxylation is 1. The highest BCUT2D eigenvalue weighted by atomic mass is 16.5. The van der Waals surface area contributed by atoms with E-state index in [-0.39, 0.29) is 5.97 Å². The maximum Gasteiger partial charge on any atom is 0.339 e. The predicted molar refractivity (Wildman–Crippen MR) is 78.0 cm³/mol. The summed E-state index contributed by atoms with van der Waals surface area (Å²) in [5.74, 6) is 0.779. The van der Waals surface area contributed by atoms with E-state index in [0.717, 1.165) is 16.7 Å². The molecule has 0 spiro atoms. The van der Waals surface area contributed by atoms with E-state index in [1.54, 1.807) is 20.3 Å². The topological polar surface area (TPSA) is 44.8 Å². The molecule has 1 aliphatic rings. The molecule has 1 aliphatic heterocycles. The van der Waals surface area contributed by atoms with Crippen LogP contribution in [0.25, 0.3) is 0 Å². The van der Waals surface area contributed by atoms with E-state index >= 15 is 0 Å². The Kier molecular flexibility index (Phi) is 3.29. The lowest BCUT2D eigenvalue weighted by molar-refractivity contribution is 0.0455. The number of carbonyl (C=O) groups is 1. The minimum absolute atomic E-state index is 0.337. The van der Waals surface area contributed by atoms with Gasteiger partial charge in [0.1, 0.15) is 0 Å². The molecule has 108 valence electrons. The monoisotopic (exact) mass is 284 g/mol. The molecule has 1 heterocycles. The molecule has 2 aromatic carbocycles. The number of ether oxygens (including phenoxy) is 3. The molecule has 0 radical (unpaired) electrons. The predicted octanol–water partition coefficient (Wildman–Crippen LogP) is 3.27. The van der Waals surface area contributed by atoms with Gasteiger partial charge in [-0.25, -0.2) is 4.79 Å². The molecular formula is C17H16O4. The first-order chi connectivity index (χ1) is 10.1. The van der Waals surface area contributed by atoms with Crippen LogP contribution in [0.5, 0.6) is 11.5 Å². The molecule has 0 saturated carbocycles. The van der Waals surface area contributed by atoms with Gasteiger partial charge in [0.05, 0.1) is 19.8 Å². The number of methoxy groups -OCH3 is 2. The molecule has 0 saturated heterocycles. The lowest BCUT2D eigenvalue weighted by Crippen LogP contribution is -2.00. The van der Waals surface area contributed by atoms with Crippen LogP contribution >= 0.6 is 0 Å². The van der Waals surface area contributed by atoms with Crippen molar-refractivity contribution in [3.63, 3.8) is 0 Å². The van der Waals surface area contributed by atoms with Gasteiger partial charge in [0.15, 0.2) is 17.6 Å². The van der Waals surface area contributed by atoms with Gasteiger partial charge >= 0.3 is 5.97 Å². The van der Waals surface area contributed by atoms with E-state index in [1.807, 2.05) is 37.3 Å². The Morgan fingerprint density at radius 3 is 2.24 bits per heavy atom. The van der Waals surface area contributed by atoms with Crippen molar-refractivity contribution in [2.75, 3.05) is 14.2 Å². The minimum Gasteiger partial charge on any atom is -0.493 e. The third-order valence-corrected chi connectivity index (χ3v) is 3.66. The Morgan fingerprint density at radius 1 is 1.00 bits per heavy atom. The van der Waals surface area contributed by atoms with Crippen LogP contribution in [0.3, 0.4) is 0 Å². The average Bonchev–Trinajstić information content (AvgIpc) is 2.83. The van der Waals surface area contributed by atoms with Gasteiger partial charge in [0, 0.05) is 5.56 Å². The van der Waals surface area contributed by atoms with Crippen molar-refractivity contribution in [3.8, 4) is 11.5 Å². The molecule has 1 atom stereocenters. The van der Waals surface area contributed by atoms with E-state index in [9.17, 15) is 4.79 Å². The maximum absolute atomic E-state index is 12.1. The van der Waals surface area contributed by atoms with Crippen molar-refractivity contribution < 1.29 is 19.0 Å². The SMILES string of the molecule is COc1cc2c(cc1OC)[C@@H](c1ccc(C)cc1)OC2=O. The smallest absolute Gasteiger partial charge is 0.339 e. The summed E-state index contributed by atoms with van der Waals surface area (Å²) in [6, 6.07) is 11.4. The van der Waals surface area contributed by atoms with Crippen LogP contribution in [0, 0.1) is 6.92 Å². The Morgan fingerprint density at radius 2 is 1.62 bits per heavy atom. The average molecular weight is 284 g/mol. The van der Waals surface area contributed by atoms with Crippen LogP contribution in [0.2, 0.25) is 0 Å². The van der Waals surface area contributed by atoms with Gasteiger partial charge < -0.3 is 14.2 Å². The van der Waals surface area contributed by atoms with Gasteiger partial charge in [-0.3, -0.25) is 0 Å². The fourth-order valence-electron chi connectivity index (χ4n) is 2.51. The van der Waals surface area contributed by atoms with Crippen molar-refractivity contribution in [1.29, 1.82) is 0 Å². The summed E-state index contributed by atoms with van der Waals surface area (Å²) in [6.07, 6.45) is -0.395. The first-order valence-corrected chi connectivity index (χ1v) is 6.67. The summed E-state index contributed by atoms with van der Waals surface area (Å²) in [7, 11) is 3.12. The molecule has 0 bridgehead atoms. The zero-order chi connectivity index (χ0) is 15.0. The fourth-order valence-corrected chi connectivity index (χ4v) is 2.51. The number of carbonyl (C=O) groups excluding carboxylic acids is 1. The third-order valence-electron chi connectivity index (χ3n) is 3.66. The third kappa shape index (κ3) is 2.23. The van der Waals surface area contributed by atoms with Crippen LogP contribution in [-0.2, 0) is 4.74 Å². The van der Waals surface area contributed by atoms with Crippen molar-refractivity contribution in [1.82, 2.24) is 0 Å². The second-order valence-electron chi connectivity index (χ2n) is 4.99. The fraction of sp³-hybridized carbons (Fsp3) is 0.235. The molecule has 0 fully saturated rings. The zero-order valence-corrected chi connectivity index (χ0v) is 12.2. The molecule has 0 amide bonds. The van der Waals surface area contributed by atoms with Crippen LogP contribution in [-0.4, -0.2) is 20.2 Å². The van der Waals surface area contributed by atoms with Crippen molar-refractivity contribution in [2.24, 2.45) is 0 Å². The van der Waals surface area contributed by atoms with Gasteiger partial charge in [0.2, 0.25) is 0 Å². The van der Waals surface area contributed by atoms with Crippen molar-refractivity contribution in [3.05, 3.63) is 58.7 Å². The van der Waals surface area contributed by atoms with Crippen molar-refractivity contribution >= 4 is 5.97 Å². The molecule has 0 N–H and O–H groups in total. The standard InChI is InChI=1S/C17H16O4/c1-10-4-6-11(7-5-10)16-12-8-14(19-2)15(20-3)9-13(12)17(18)21-16/h4-9,16H,1-3H3/t16-/m1/s1. The summed E-state index contributed by atoms with van der Waals surface area (Å²) in [5, 5.41) is 0. The summed E-state index contributed by atoms with van der Waals surface area (Å²) in [6.45, 7) is 2.02. The molecule has 0 aliphatic carbocycles. The molecular weight excluding hydrogens is 268 g/mol. The van der Waals surface area contributed by atoms with Crippen LogP contribution in [0.4, 0.5) is 0 Å². The molecule has 4 heteroatoms. The number of rotatable bonds is 3. The number of hydrogen-bond donors (Lipinski definition) is 0. The van der Waals surface area contributed by atoms with E-state index in [4.69, 9.17) is 14.2 Å². The van der Waals surface area contributed by atoms with E-state index in [1.165, 1.54) is 0 Å². The summed E-state index contributed by atoms with van der Waals surface area (Å²) < 4.78 is 16.0. The molecule has 21 heavy (non-hydrogen) atoms. The highest BCUT2D eigenvalue weighted by Gasteiger charge is 2.33. The Balaban J connectivity index is 2.10. The second kappa shape index (κ2) is 5.13. The van der Waals surface area contributed by atoms with Gasteiger partial charge in [-0.15, -0.1) is 0 Å². The van der Waals surface area contributed by atoms with E-state index in [2.05, 4.69) is 0 Å². The molecule has 3 rings (SSSR count). The summed E-state index contributed by atoms with van der Waals surface area (Å²) >= 11 is 0. The van der Waals surface area contributed by atoms with Crippen LogP contribution < -0.4 is 9.47 Å². The second-order valence-corrected chi connectivity index (χ2v) is 4.99. The lowest BCUT2D eigenvalue weighted by Gasteiger charge is -2.13. The number of cyclic esters (lactones) is 1. The Labute approximate surface area is 123 Å². The minimum atomic E-state index is -0.395. The van der Waals surface area contributed by atoms with Crippen LogP contribution in [0.1, 0.15) is 33.2 Å². The molecule has 0 aromatic heterocycles. The van der Waals surface area contributed by atoms with Crippen LogP contribution in [0.15, 0.2) is 36.4 Å². The normalized spacial score (nSPS) is 16.3. The van der Waals surface area contributed by atoms with E-state index in [0.29, 0.717) is 17.1 Å². The first-order valence-electron chi connectivity index (χ1n) is 6.67. The number of hydrogen-bond acceptors (Lipinski definition) is 4. The van der Waals surface area contributed by atoms with E-state index < -0.39 is 6.10 Å². The summed E-state index contributed by atoms with van der Waals surface area (Å²) in [4.78, 5) is 12.1. The summed E-state index contributed by atoms with van der Waals surface area (Å²) in [5.41, 5.74) is 3.44. The largest absolute Gasteiger partial charge is 0.493 e. The Bertz CT molecular complexity index is 689. The molecule has 0 unspecified atom stereocenters. The highest BCUT2D eigenvalue weighted by molar-refractivity contribution is 5.95. The van der Waals surface area contributed by atoms with Gasteiger partial charge in [0.25, 0.3) is 0 Å². The lowest BCUT2D eigenvalue weighted by atomic mass is 9.98. The van der Waals surface area contributed by atoms with Gasteiger partial charge in [-0.1, -0.05) is 29.8 Å². The maximum atomic E-state index is 12.1. The van der Waals surface area contributed by atoms with Crippen molar-refractivity contribution in [2.45, 2.75) is 13.0 Å². The number of benzene rings is 2. The number of esters is 1. The molecule has 2 aromatic rings.